The number of thiazole rings is 1. The lowest BCUT2D eigenvalue weighted by atomic mass is 10.00. The van der Waals surface area contributed by atoms with Gasteiger partial charge in [0.05, 0.1) is 26.1 Å². The van der Waals surface area contributed by atoms with Crippen molar-refractivity contribution in [1.29, 1.82) is 0 Å². The standard InChI is InChI=1S/C24H21N3O2S/c1-28-22-13-12-18(14-23(22)29-2)20-11-7-6-10-19(20)15-25-27-24-26-21(16-30-24)17-8-4-3-5-9-17/h3-16H,1-2H3,(H,26,27). The van der Waals surface area contributed by atoms with Gasteiger partial charge in [-0.1, -0.05) is 60.7 Å². The number of hydrogen-bond donors (Lipinski definition) is 1. The molecule has 0 aliphatic heterocycles. The van der Waals surface area contributed by atoms with Crippen molar-refractivity contribution in [1.82, 2.24) is 4.98 Å². The molecule has 0 radical (unpaired) electrons. The fraction of sp³-hybridized carbons (Fsp3) is 0.0833. The molecule has 4 rings (SSSR count). The molecule has 150 valence electrons. The Labute approximate surface area is 179 Å². The van der Waals surface area contributed by atoms with Gasteiger partial charge in [0.2, 0.25) is 5.13 Å². The Morgan fingerprint density at radius 2 is 1.63 bits per heavy atom. The number of benzene rings is 3. The van der Waals surface area contributed by atoms with Gasteiger partial charge in [0.25, 0.3) is 0 Å². The van der Waals surface area contributed by atoms with Crippen molar-refractivity contribution in [3.63, 3.8) is 0 Å². The van der Waals surface area contributed by atoms with Gasteiger partial charge < -0.3 is 9.47 Å². The van der Waals surface area contributed by atoms with Crippen molar-refractivity contribution >= 4 is 22.7 Å². The molecule has 1 aromatic heterocycles. The molecule has 0 bridgehead atoms. The smallest absolute Gasteiger partial charge is 0.203 e. The molecule has 4 aromatic rings. The van der Waals surface area contributed by atoms with Crippen molar-refractivity contribution in [2.75, 3.05) is 19.6 Å². The second-order valence-corrected chi connectivity index (χ2v) is 7.29. The lowest BCUT2D eigenvalue weighted by Crippen LogP contribution is -1.94. The third-order valence-electron chi connectivity index (χ3n) is 4.59. The SMILES string of the molecule is COc1ccc(-c2ccccc2C=NNc2nc(-c3ccccc3)cs2)cc1OC. The number of anilines is 1. The van der Waals surface area contributed by atoms with Crippen LogP contribution in [0.4, 0.5) is 5.13 Å². The van der Waals surface area contributed by atoms with E-state index in [0.717, 1.165) is 33.1 Å². The Kier molecular flexibility index (Phi) is 6.06. The number of nitrogens with one attached hydrogen (secondary N) is 1. The molecule has 3 aromatic carbocycles. The fourth-order valence-corrected chi connectivity index (χ4v) is 3.77. The van der Waals surface area contributed by atoms with E-state index in [2.05, 4.69) is 21.6 Å². The monoisotopic (exact) mass is 415 g/mol. The molecule has 0 saturated carbocycles. The van der Waals surface area contributed by atoms with Crippen LogP contribution in [0.15, 0.2) is 83.3 Å². The summed E-state index contributed by atoms with van der Waals surface area (Å²) in [6, 6.07) is 24.0. The lowest BCUT2D eigenvalue weighted by Gasteiger charge is -2.11. The van der Waals surface area contributed by atoms with Crippen LogP contribution >= 0.6 is 11.3 Å². The van der Waals surface area contributed by atoms with E-state index >= 15 is 0 Å². The number of rotatable bonds is 7. The van der Waals surface area contributed by atoms with Gasteiger partial charge in [-0.15, -0.1) is 11.3 Å². The van der Waals surface area contributed by atoms with Crippen LogP contribution in [0.5, 0.6) is 11.5 Å². The first kappa shape index (κ1) is 19.7. The molecule has 1 N–H and O–H groups in total. The molecule has 1 heterocycles. The summed E-state index contributed by atoms with van der Waals surface area (Å²) in [5.74, 6) is 1.39. The molecule has 0 aliphatic rings. The maximum Gasteiger partial charge on any atom is 0.203 e. The maximum atomic E-state index is 5.44. The van der Waals surface area contributed by atoms with E-state index in [1.54, 1.807) is 20.4 Å². The van der Waals surface area contributed by atoms with Gasteiger partial charge in [-0.3, -0.25) is 5.43 Å². The van der Waals surface area contributed by atoms with Gasteiger partial charge in [-0.2, -0.15) is 5.10 Å². The van der Waals surface area contributed by atoms with Crippen molar-refractivity contribution in [2.24, 2.45) is 5.10 Å². The van der Waals surface area contributed by atoms with E-state index < -0.39 is 0 Å². The van der Waals surface area contributed by atoms with Gasteiger partial charge >= 0.3 is 0 Å². The van der Waals surface area contributed by atoms with Gasteiger partial charge in [-0.25, -0.2) is 4.98 Å². The average molecular weight is 416 g/mol. The van der Waals surface area contributed by atoms with Crippen molar-refractivity contribution in [3.8, 4) is 33.9 Å². The van der Waals surface area contributed by atoms with Gasteiger partial charge in [0.15, 0.2) is 11.5 Å². The van der Waals surface area contributed by atoms with Gasteiger partial charge in [-0.05, 0) is 23.3 Å². The summed E-state index contributed by atoms with van der Waals surface area (Å²) >= 11 is 1.52. The Bertz CT molecular complexity index is 1160. The highest BCUT2D eigenvalue weighted by molar-refractivity contribution is 7.14. The average Bonchev–Trinajstić information content (AvgIpc) is 3.28. The molecule has 0 amide bonds. The van der Waals surface area contributed by atoms with E-state index in [-0.39, 0.29) is 0 Å². The maximum absolute atomic E-state index is 5.44. The molecule has 0 saturated heterocycles. The van der Waals surface area contributed by atoms with E-state index in [4.69, 9.17) is 9.47 Å². The summed E-state index contributed by atoms with van der Waals surface area (Å²) in [7, 11) is 3.27. The molecular formula is C24H21N3O2S. The number of hydrogen-bond acceptors (Lipinski definition) is 6. The summed E-state index contributed by atoms with van der Waals surface area (Å²) in [4.78, 5) is 4.60. The van der Waals surface area contributed by atoms with Crippen LogP contribution in [-0.2, 0) is 0 Å². The molecule has 6 heteroatoms. The third kappa shape index (κ3) is 4.34. The first-order chi connectivity index (χ1) is 14.8. The molecular weight excluding hydrogens is 394 g/mol. The number of nitrogens with zero attached hydrogens (tertiary/aromatic N) is 2. The zero-order valence-electron chi connectivity index (χ0n) is 16.7. The molecule has 0 unspecified atom stereocenters. The molecule has 0 fully saturated rings. The highest BCUT2D eigenvalue weighted by Crippen LogP contribution is 2.33. The highest BCUT2D eigenvalue weighted by atomic mass is 32.1. The summed E-state index contributed by atoms with van der Waals surface area (Å²) in [5.41, 5.74) is 8.11. The minimum atomic E-state index is 0.691. The summed E-state index contributed by atoms with van der Waals surface area (Å²) in [5, 5.41) is 7.16. The first-order valence-electron chi connectivity index (χ1n) is 9.40. The molecule has 30 heavy (non-hydrogen) atoms. The first-order valence-corrected chi connectivity index (χ1v) is 10.3. The third-order valence-corrected chi connectivity index (χ3v) is 5.34. The summed E-state index contributed by atoms with van der Waals surface area (Å²) < 4.78 is 10.8. The van der Waals surface area contributed by atoms with Gasteiger partial charge in [0, 0.05) is 16.5 Å². The highest BCUT2D eigenvalue weighted by Gasteiger charge is 2.09. The summed E-state index contributed by atoms with van der Waals surface area (Å²) in [6.07, 6.45) is 1.80. The van der Waals surface area contributed by atoms with Crippen LogP contribution in [0.3, 0.4) is 0 Å². The number of aromatic nitrogens is 1. The van der Waals surface area contributed by atoms with Crippen molar-refractivity contribution in [2.45, 2.75) is 0 Å². The summed E-state index contributed by atoms with van der Waals surface area (Å²) in [6.45, 7) is 0. The second kappa shape index (κ2) is 9.24. The number of hydrazone groups is 1. The Morgan fingerprint density at radius 1 is 0.867 bits per heavy atom. The normalized spacial score (nSPS) is 10.9. The Morgan fingerprint density at radius 3 is 2.43 bits per heavy atom. The topological polar surface area (TPSA) is 55.7 Å². The number of ether oxygens (including phenoxy) is 2. The van der Waals surface area contributed by atoms with E-state index in [1.165, 1.54) is 11.3 Å². The van der Waals surface area contributed by atoms with Crippen molar-refractivity contribution in [3.05, 3.63) is 83.7 Å². The van der Waals surface area contributed by atoms with Crippen LogP contribution in [0.2, 0.25) is 0 Å². The fourth-order valence-electron chi connectivity index (χ4n) is 3.10. The molecule has 5 nitrogen and oxygen atoms in total. The zero-order chi connectivity index (χ0) is 20.8. The molecule has 0 atom stereocenters. The van der Waals surface area contributed by atoms with E-state index in [1.807, 2.05) is 72.1 Å². The van der Waals surface area contributed by atoms with E-state index in [9.17, 15) is 0 Å². The van der Waals surface area contributed by atoms with Crippen LogP contribution in [0, 0.1) is 0 Å². The molecule has 0 aliphatic carbocycles. The van der Waals surface area contributed by atoms with Crippen LogP contribution in [0.1, 0.15) is 5.56 Å². The quantitative estimate of drug-likeness (QED) is 0.300. The zero-order valence-corrected chi connectivity index (χ0v) is 17.5. The molecule has 0 spiro atoms. The minimum absolute atomic E-state index is 0.691. The Balaban J connectivity index is 1.54. The minimum Gasteiger partial charge on any atom is -0.493 e. The van der Waals surface area contributed by atoms with Crippen LogP contribution in [0.25, 0.3) is 22.4 Å². The van der Waals surface area contributed by atoms with Crippen LogP contribution in [-0.4, -0.2) is 25.4 Å². The predicted octanol–water partition coefficient (Wildman–Crippen LogP) is 5.94. The van der Waals surface area contributed by atoms with E-state index in [0.29, 0.717) is 11.5 Å². The largest absolute Gasteiger partial charge is 0.493 e. The van der Waals surface area contributed by atoms with Crippen molar-refractivity contribution < 1.29 is 9.47 Å². The second-order valence-electron chi connectivity index (χ2n) is 6.43. The van der Waals surface area contributed by atoms with Crippen LogP contribution < -0.4 is 14.9 Å². The predicted molar refractivity (Wildman–Crippen MR) is 124 cm³/mol. The number of methoxy groups -OCH3 is 2. The van der Waals surface area contributed by atoms with Gasteiger partial charge in [0.1, 0.15) is 0 Å². The lowest BCUT2D eigenvalue weighted by molar-refractivity contribution is 0.355. The Hall–Kier alpha value is -3.64.